The van der Waals surface area contributed by atoms with E-state index in [4.69, 9.17) is 0 Å². The number of hydrogen-bond donors (Lipinski definition) is 0. The van der Waals surface area contributed by atoms with E-state index in [0.717, 1.165) is 11.2 Å². The number of carbonyl (C=O) groups excluding carboxylic acids is 1. The Labute approximate surface area is 71.6 Å². The van der Waals surface area contributed by atoms with Crippen LogP contribution in [0.3, 0.4) is 0 Å². The minimum absolute atomic E-state index is 0.746. The summed E-state index contributed by atoms with van der Waals surface area (Å²) in [5.41, 5.74) is 0. The molecule has 0 saturated heterocycles. The third-order valence-corrected chi connectivity index (χ3v) is 1.56. The summed E-state index contributed by atoms with van der Waals surface area (Å²) in [6.07, 6.45) is 7.69. The quantitative estimate of drug-likeness (QED) is 0.354. The van der Waals surface area contributed by atoms with E-state index in [9.17, 15) is 4.79 Å². The lowest BCUT2D eigenvalue weighted by molar-refractivity contribution is -0.104. The lowest BCUT2D eigenvalue weighted by atomic mass is 10.4. The number of hydrogen-bond acceptors (Lipinski definition) is 2. The summed E-state index contributed by atoms with van der Waals surface area (Å²) in [6.45, 7) is 1.90. The summed E-state index contributed by atoms with van der Waals surface area (Å²) in [5, 5.41) is 0. The van der Waals surface area contributed by atoms with Gasteiger partial charge in [-0.15, -0.1) is 11.8 Å². The first-order valence-corrected chi connectivity index (χ1v) is 4.39. The Morgan fingerprint density at radius 1 is 1.55 bits per heavy atom. The van der Waals surface area contributed by atoms with Gasteiger partial charge in [0.1, 0.15) is 6.29 Å². The van der Waals surface area contributed by atoms with Gasteiger partial charge in [-0.25, -0.2) is 0 Å². The molecular formula is C9H10OS. The molecule has 0 radical (unpaired) electrons. The molecule has 0 rings (SSSR count). The van der Waals surface area contributed by atoms with Crippen molar-refractivity contribution in [2.24, 2.45) is 0 Å². The molecule has 0 spiro atoms. The normalized spacial score (nSPS) is 10.9. The van der Waals surface area contributed by atoms with Gasteiger partial charge in [0.2, 0.25) is 0 Å². The minimum Gasteiger partial charge on any atom is -0.298 e. The maximum absolute atomic E-state index is 10.0. The van der Waals surface area contributed by atoms with Gasteiger partial charge in [0, 0.05) is 0 Å². The Morgan fingerprint density at radius 3 is 2.73 bits per heavy atom. The second-order valence-corrected chi connectivity index (χ2v) is 2.49. The van der Waals surface area contributed by atoms with Crippen LogP contribution >= 0.6 is 11.8 Å². The van der Waals surface area contributed by atoms with Gasteiger partial charge in [-0.3, -0.25) is 4.79 Å². The number of aldehydes is 1. The number of rotatable bonds is 2. The molecule has 0 heterocycles. The van der Waals surface area contributed by atoms with Gasteiger partial charge >= 0.3 is 0 Å². The first-order chi connectivity index (χ1) is 5.35. The van der Waals surface area contributed by atoms with Crippen molar-refractivity contribution in [1.29, 1.82) is 0 Å². The average Bonchev–Trinajstić information content (AvgIpc) is 2.03. The van der Waals surface area contributed by atoms with E-state index in [1.807, 2.05) is 19.3 Å². The van der Waals surface area contributed by atoms with Crippen molar-refractivity contribution in [1.82, 2.24) is 0 Å². The first-order valence-electron chi connectivity index (χ1n) is 3.17. The van der Waals surface area contributed by atoms with Gasteiger partial charge in [-0.1, -0.05) is 17.9 Å². The third kappa shape index (κ3) is 5.50. The molecule has 11 heavy (non-hydrogen) atoms. The van der Waals surface area contributed by atoms with Crippen LogP contribution in [0.15, 0.2) is 23.1 Å². The van der Waals surface area contributed by atoms with Crippen molar-refractivity contribution in [3.8, 4) is 11.8 Å². The molecule has 2 heteroatoms. The SMILES string of the molecule is C/C=C/C#C/C(=C\C=O)SC. The summed E-state index contributed by atoms with van der Waals surface area (Å²) < 4.78 is 0. The number of thioether (sulfide) groups is 1. The Balaban J connectivity index is 4.21. The lowest BCUT2D eigenvalue weighted by Gasteiger charge is -1.85. The minimum atomic E-state index is 0.746. The fourth-order valence-electron chi connectivity index (χ4n) is 0.419. The topological polar surface area (TPSA) is 17.1 Å². The van der Waals surface area contributed by atoms with E-state index in [2.05, 4.69) is 11.8 Å². The van der Waals surface area contributed by atoms with Crippen molar-refractivity contribution in [2.45, 2.75) is 6.92 Å². The fraction of sp³-hybridized carbons (Fsp3) is 0.222. The predicted molar refractivity (Wildman–Crippen MR) is 50.3 cm³/mol. The van der Waals surface area contributed by atoms with Crippen LogP contribution in [0.5, 0.6) is 0 Å². The molecule has 0 aromatic heterocycles. The van der Waals surface area contributed by atoms with Crippen LogP contribution in [0.2, 0.25) is 0 Å². The Morgan fingerprint density at radius 2 is 2.27 bits per heavy atom. The van der Waals surface area contributed by atoms with Crippen molar-refractivity contribution in [3.05, 3.63) is 23.1 Å². The molecule has 0 aliphatic heterocycles. The Kier molecular flexibility index (Phi) is 6.56. The van der Waals surface area contributed by atoms with Crippen LogP contribution in [0.1, 0.15) is 6.92 Å². The number of carbonyl (C=O) groups is 1. The third-order valence-electron chi connectivity index (χ3n) is 0.885. The van der Waals surface area contributed by atoms with Crippen LogP contribution in [-0.4, -0.2) is 12.5 Å². The van der Waals surface area contributed by atoms with Crippen molar-refractivity contribution in [2.75, 3.05) is 6.26 Å². The zero-order valence-corrected chi connectivity index (χ0v) is 7.44. The first kappa shape index (κ1) is 10.1. The van der Waals surface area contributed by atoms with E-state index in [0.29, 0.717) is 0 Å². The summed E-state index contributed by atoms with van der Waals surface area (Å²) in [4.78, 5) is 10.8. The van der Waals surface area contributed by atoms with Crippen LogP contribution in [0.25, 0.3) is 0 Å². The molecule has 58 valence electrons. The summed E-state index contributed by atoms with van der Waals surface area (Å²) in [6, 6.07) is 0. The zero-order chi connectivity index (χ0) is 8.53. The highest BCUT2D eigenvalue weighted by Crippen LogP contribution is 2.07. The van der Waals surface area contributed by atoms with Crippen molar-refractivity contribution in [3.63, 3.8) is 0 Å². The molecule has 0 bridgehead atoms. The van der Waals surface area contributed by atoms with E-state index in [1.165, 1.54) is 17.8 Å². The average molecular weight is 166 g/mol. The van der Waals surface area contributed by atoms with Crippen LogP contribution in [-0.2, 0) is 4.79 Å². The Bertz CT molecular complexity index is 228. The molecule has 0 amide bonds. The molecule has 0 atom stereocenters. The molecule has 0 unspecified atom stereocenters. The second kappa shape index (κ2) is 7.17. The van der Waals surface area contributed by atoms with Crippen LogP contribution in [0, 0.1) is 11.8 Å². The molecule has 0 saturated carbocycles. The van der Waals surface area contributed by atoms with Crippen molar-refractivity contribution >= 4 is 18.0 Å². The van der Waals surface area contributed by atoms with Gasteiger partial charge in [0.05, 0.1) is 4.91 Å². The van der Waals surface area contributed by atoms with E-state index < -0.39 is 0 Å². The molecule has 1 nitrogen and oxygen atoms in total. The van der Waals surface area contributed by atoms with Gasteiger partial charge in [0.25, 0.3) is 0 Å². The summed E-state index contributed by atoms with van der Waals surface area (Å²) in [7, 11) is 0. The lowest BCUT2D eigenvalue weighted by Crippen LogP contribution is -1.70. The molecule has 0 fully saturated rings. The van der Waals surface area contributed by atoms with E-state index in [-0.39, 0.29) is 0 Å². The monoisotopic (exact) mass is 166 g/mol. The smallest absolute Gasteiger partial charge is 0.144 e. The highest BCUT2D eigenvalue weighted by molar-refractivity contribution is 8.02. The molecule has 0 N–H and O–H groups in total. The molecule has 0 aliphatic carbocycles. The molecular weight excluding hydrogens is 156 g/mol. The predicted octanol–water partition coefficient (Wildman–Crippen LogP) is 2.01. The van der Waals surface area contributed by atoms with Gasteiger partial charge in [0.15, 0.2) is 0 Å². The number of allylic oxidation sites excluding steroid dienone is 4. The highest BCUT2D eigenvalue weighted by Gasteiger charge is 1.83. The Hall–Kier alpha value is -0.940. The van der Waals surface area contributed by atoms with Crippen LogP contribution in [0.4, 0.5) is 0 Å². The largest absolute Gasteiger partial charge is 0.298 e. The highest BCUT2D eigenvalue weighted by atomic mass is 32.2. The molecule has 0 aliphatic rings. The standard InChI is InChI=1S/C9H10OS/c1-3-4-5-6-9(11-2)7-8-10/h3-4,7-8H,1-2H3/b4-3+,9-7+. The molecule has 0 aromatic carbocycles. The van der Waals surface area contributed by atoms with E-state index >= 15 is 0 Å². The van der Waals surface area contributed by atoms with Crippen LogP contribution < -0.4 is 0 Å². The van der Waals surface area contributed by atoms with E-state index in [1.54, 1.807) is 6.08 Å². The van der Waals surface area contributed by atoms with Gasteiger partial charge in [-0.05, 0) is 25.3 Å². The maximum Gasteiger partial charge on any atom is 0.144 e. The van der Waals surface area contributed by atoms with Gasteiger partial charge < -0.3 is 0 Å². The molecule has 0 aromatic rings. The van der Waals surface area contributed by atoms with Gasteiger partial charge in [-0.2, -0.15) is 0 Å². The summed E-state index contributed by atoms with van der Waals surface area (Å²) in [5.74, 6) is 5.62. The second-order valence-electron chi connectivity index (χ2n) is 1.64. The fourth-order valence-corrected chi connectivity index (χ4v) is 0.771. The summed E-state index contributed by atoms with van der Waals surface area (Å²) >= 11 is 1.47. The maximum atomic E-state index is 10.0. The zero-order valence-electron chi connectivity index (χ0n) is 6.63. The van der Waals surface area contributed by atoms with Crippen molar-refractivity contribution < 1.29 is 4.79 Å².